The molecular weight excluding hydrogens is 352 g/mol. The smallest absolute Gasteiger partial charge is 0.225 e. The van der Waals surface area contributed by atoms with Gasteiger partial charge in [-0.15, -0.1) is 0 Å². The molecule has 0 aliphatic heterocycles. The number of benzene rings is 1. The van der Waals surface area contributed by atoms with E-state index in [4.69, 9.17) is 11.6 Å². The third-order valence-electron chi connectivity index (χ3n) is 4.49. The maximum absolute atomic E-state index is 14.0. The third kappa shape index (κ3) is 3.82. The van der Waals surface area contributed by atoms with Crippen LogP contribution >= 0.6 is 11.6 Å². The fraction of sp³-hybridized carbons (Fsp3) is 0.412. The summed E-state index contributed by atoms with van der Waals surface area (Å²) in [6.07, 6.45) is 4.00. The van der Waals surface area contributed by atoms with Crippen LogP contribution in [0.25, 0.3) is 0 Å². The van der Waals surface area contributed by atoms with Crippen molar-refractivity contribution < 1.29 is 18.7 Å². The first-order valence-electron chi connectivity index (χ1n) is 7.93. The molecule has 134 valence electrons. The normalized spacial score (nSPS) is 20.8. The van der Waals surface area contributed by atoms with Gasteiger partial charge < -0.3 is 10.4 Å². The largest absolute Gasteiger partial charge is 0.393 e. The van der Waals surface area contributed by atoms with Crippen molar-refractivity contribution in [3.05, 3.63) is 52.3 Å². The fourth-order valence-electron chi connectivity index (χ4n) is 3.08. The Kier molecular flexibility index (Phi) is 5.06. The zero-order valence-corrected chi connectivity index (χ0v) is 14.3. The second-order valence-electron chi connectivity index (χ2n) is 6.39. The maximum atomic E-state index is 14.0. The Morgan fingerprint density at radius 1 is 1.48 bits per heavy atom. The van der Waals surface area contributed by atoms with Crippen molar-refractivity contribution >= 4 is 17.5 Å². The number of rotatable bonds is 5. The van der Waals surface area contributed by atoms with Crippen LogP contribution < -0.4 is 5.32 Å². The minimum Gasteiger partial charge on any atom is -0.393 e. The summed E-state index contributed by atoms with van der Waals surface area (Å²) in [4.78, 5) is 12.4. The van der Waals surface area contributed by atoms with Crippen molar-refractivity contribution in [2.45, 2.75) is 31.4 Å². The summed E-state index contributed by atoms with van der Waals surface area (Å²) in [5, 5.41) is 15.9. The summed E-state index contributed by atoms with van der Waals surface area (Å²) >= 11 is 5.55. The average Bonchev–Trinajstić information content (AvgIpc) is 2.97. The Labute approximate surface area is 148 Å². The standard InChI is InChI=1S/C17H18ClF2N3O2/c1-23-8-11(7-21-23)17(10-4-12(24)5-10)22-14(25)6-9-2-3-13(19)15(18)16(9)20/h2-3,7-8,10,12,17,24H,4-6H2,1H3,(H,22,25)/t10?,12?,17-/m1/s1. The molecular formula is C17H18ClF2N3O2. The van der Waals surface area contributed by atoms with E-state index in [9.17, 15) is 18.7 Å². The molecule has 0 radical (unpaired) electrons. The van der Waals surface area contributed by atoms with Crippen LogP contribution in [-0.2, 0) is 18.3 Å². The summed E-state index contributed by atoms with van der Waals surface area (Å²) in [5.74, 6) is -2.10. The quantitative estimate of drug-likeness (QED) is 0.796. The van der Waals surface area contributed by atoms with Gasteiger partial charge in [-0.2, -0.15) is 5.10 Å². The molecule has 0 unspecified atom stereocenters. The predicted molar refractivity (Wildman–Crippen MR) is 87.9 cm³/mol. The lowest BCUT2D eigenvalue weighted by atomic mass is 9.75. The van der Waals surface area contributed by atoms with E-state index < -0.39 is 22.6 Å². The van der Waals surface area contributed by atoms with Gasteiger partial charge in [-0.3, -0.25) is 9.48 Å². The van der Waals surface area contributed by atoms with Crippen LogP contribution in [0.5, 0.6) is 0 Å². The Morgan fingerprint density at radius 2 is 2.20 bits per heavy atom. The first-order valence-corrected chi connectivity index (χ1v) is 8.31. The number of aromatic nitrogens is 2. The van der Waals surface area contributed by atoms with Crippen LogP contribution in [0.15, 0.2) is 24.5 Å². The second kappa shape index (κ2) is 7.09. The number of aryl methyl sites for hydroxylation is 1. The zero-order chi connectivity index (χ0) is 18.1. The molecule has 3 rings (SSSR count). The van der Waals surface area contributed by atoms with E-state index in [1.807, 2.05) is 0 Å². The van der Waals surface area contributed by atoms with Gasteiger partial charge in [0.15, 0.2) is 0 Å². The molecule has 1 fully saturated rings. The molecule has 1 aromatic heterocycles. The molecule has 1 atom stereocenters. The van der Waals surface area contributed by atoms with E-state index in [0.717, 1.165) is 11.6 Å². The van der Waals surface area contributed by atoms with Crippen LogP contribution in [0.4, 0.5) is 8.78 Å². The van der Waals surface area contributed by atoms with E-state index >= 15 is 0 Å². The summed E-state index contributed by atoms with van der Waals surface area (Å²) in [6, 6.07) is 1.93. The first-order chi connectivity index (χ1) is 11.8. The minimum absolute atomic E-state index is 0.0301. The number of nitrogens with one attached hydrogen (secondary N) is 1. The fourth-order valence-corrected chi connectivity index (χ4v) is 3.26. The lowest BCUT2D eigenvalue weighted by Gasteiger charge is -2.37. The lowest BCUT2D eigenvalue weighted by Crippen LogP contribution is -2.41. The molecule has 25 heavy (non-hydrogen) atoms. The summed E-state index contributed by atoms with van der Waals surface area (Å²) < 4.78 is 28.8. The van der Waals surface area contributed by atoms with Crippen LogP contribution in [0.1, 0.15) is 30.0 Å². The Balaban J connectivity index is 1.73. The molecule has 1 saturated carbocycles. The zero-order valence-electron chi connectivity index (χ0n) is 13.5. The molecule has 1 aliphatic carbocycles. The SMILES string of the molecule is Cn1cc([C@H](NC(=O)Cc2ccc(F)c(Cl)c2F)C2CC(O)C2)cn1. The van der Waals surface area contributed by atoms with E-state index in [1.165, 1.54) is 6.07 Å². The Hall–Kier alpha value is -1.99. The van der Waals surface area contributed by atoms with Gasteiger partial charge in [0, 0.05) is 18.8 Å². The van der Waals surface area contributed by atoms with Gasteiger partial charge >= 0.3 is 0 Å². The first kappa shape index (κ1) is 17.8. The molecule has 1 aliphatic rings. The molecule has 8 heteroatoms. The number of aliphatic hydroxyl groups excluding tert-OH is 1. The van der Waals surface area contributed by atoms with Crippen molar-refractivity contribution in [2.24, 2.45) is 13.0 Å². The number of hydrogen-bond acceptors (Lipinski definition) is 3. The average molecular weight is 370 g/mol. The van der Waals surface area contributed by atoms with Crippen LogP contribution in [0.3, 0.4) is 0 Å². The number of carbonyl (C=O) groups is 1. The molecule has 2 N–H and O–H groups in total. The van der Waals surface area contributed by atoms with Crippen molar-refractivity contribution in [2.75, 3.05) is 0 Å². The molecule has 0 saturated heterocycles. The summed E-state index contributed by atoms with van der Waals surface area (Å²) in [5.41, 5.74) is 0.854. The number of hydrogen-bond donors (Lipinski definition) is 2. The molecule has 1 heterocycles. The number of halogens is 3. The highest BCUT2D eigenvalue weighted by Crippen LogP contribution is 2.38. The predicted octanol–water partition coefficient (Wildman–Crippen LogP) is 2.52. The van der Waals surface area contributed by atoms with Crippen LogP contribution in [0.2, 0.25) is 5.02 Å². The van der Waals surface area contributed by atoms with Gasteiger partial charge in [0.2, 0.25) is 5.91 Å². The highest BCUT2D eigenvalue weighted by molar-refractivity contribution is 6.31. The van der Waals surface area contributed by atoms with Crippen molar-refractivity contribution in [1.29, 1.82) is 0 Å². The highest BCUT2D eigenvalue weighted by Gasteiger charge is 2.36. The molecule has 1 aromatic carbocycles. The monoisotopic (exact) mass is 369 g/mol. The molecule has 0 bridgehead atoms. The number of aliphatic hydroxyl groups is 1. The number of amides is 1. The van der Waals surface area contributed by atoms with Gasteiger partial charge in [0.25, 0.3) is 0 Å². The molecule has 2 aromatic rings. The Morgan fingerprint density at radius 3 is 2.80 bits per heavy atom. The van der Waals surface area contributed by atoms with Crippen LogP contribution in [-0.4, -0.2) is 26.9 Å². The number of nitrogens with zero attached hydrogens (tertiary/aromatic N) is 2. The molecule has 5 nitrogen and oxygen atoms in total. The summed E-state index contributed by atoms with van der Waals surface area (Å²) in [7, 11) is 1.77. The molecule has 0 spiro atoms. The topological polar surface area (TPSA) is 67.2 Å². The van der Waals surface area contributed by atoms with Crippen molar-refractivity contribution in [1.82, 2.24) is 15.1 Å². The van der Waals surface area contributed by atoms with Gasteiger partial charge in [0.1, 0.15) is 16.7 Å². The second-order valence-corrected chi connectivity index (χ2v) is 6.77. The molecule has 1 amide bonds. The van der Waals surface area contributed by atoms with Gasteiger partial charge in [0.05, 0.1) is 24.8 Å². The van der Waals surface area contributed by atoms with Crippen molar-refractivity contribution in [3.8, 4) is 0 Å². The van der Waals surface area contributed by atoms with Gasteiger partial charge in [-0.25, -0.2) is 8.78 Å². The maximum Gasteiger partial charge on any atom is 0.225 e. The van der Waals surface area contributed by atoms with E-state index in [0.29, 0.717) is 12.8 Å². The van der Waals surface area contributed by atoms with Gasteiger partial charge in [-0.1, -0.05) is 17.7 Å². The number of carbonyl (C=O) groups excluding carboxylic acids is 1. The highest BCUT2D eigenvalue weighted by atomic mass is 35.5. The summed E-state index contributed by atoms with van der Waals surface area (Å²) in [6.45, 7) is 0. The minimum atomic E-state index is -0.922. The third-order valence-corrected chi connectivity index (χ3v) is 4.83. The van der Waals surface area contributed by atoms with Gasteiger partial charge in [-0.05, 0) is 30.4 Å². The van der Waals surface area contributed by atoms with E-state index in [-0.39, 0.29) is 30.0 Å². The van der Waals surface area contributed by atoms with Crippen LogP contribution in [0, 0.1) is 17.6 Å². The Bertz CT molecular complexity index is 790. The van der Waals surface area contributed by atoms with E-state index in [2.05, 4.69) is 10.4 Å². The lowest BCUT2D eigenvalue weighted by molar-refractivity contribution is -0.122. The van der Waals surface area contributed by atoms with Crippen molar-refractivity contribution in [3.63, 3.8) is 0 Å². The van der Waals surface area contributed by atoms with E-state index in [1.54, 1.807) is 24.1 Å².